The highest BCUT2D eigenvalue weighted by atomic mass is 35.5. The van der Waals surface area contributed by atoms with E-state index in [0.717, 1.165) is 16.7 Å². The minimum atomic E-state index is -0.270. The topological polar surface area (TPSA) is 21.3 Å². The van der Waals surface area contributed by atoms with Gasteiger partial charge in [0.2, 0.25) is 0 Å². The highest BCUT2D eigenvalue weighted by Gasteiger charge is 2.02. The van der Waals surface area contributed by atoms with Crippen molar-refractivity contribution in [3.05, 3.63) is 70.0 Å². The first-order valence-corrected chi connectivity index (χ1v) is 6.78. The van der Waals surface area contributed by atoms with Crippen LogP contribution in [0.1, 0.15) is 16.7 Å². The normalized spacial score (nSPS) is 10.8. The Morgan fingerprint density at radius 3 is 2.70 bits per heavy atom. The Balaban J connectivity index is 1.92. The zero-order valence-electron chi connectivity index (χ0n) is 11.3. The predicted molar refractivity (Wildman–Crippen MR) is 79.1 cm³/mol. The molecule has 2 rings (SSSR count). The van der Waals surface area contributed by atoms with Gasteiger partial charge in [-0.05, 0) is 34.9 Å². The molecule has 0 aliphatic heterocycles. The SMILES string of the molecule is COCc1cccc(CNCc2cc(F)ccc2Cl)c1. The van der Waals surface area contributed by atoms with Crippen LogP contribution < -0.4 is 5.32 Å². The number of ether oxygens (including phenoxy) is 1. The fourth-order valence-electron chi connectivity index (χ4n) is 2.02. The lowest BCUT2D eigenvalue weighted by Gasteiger charge is -2.08. The third kappa shape index (κ3) is 4.30. The Morgan fingerprint density at radius 2 is 1.90 bits per heavy atom. The molecule has 2 aromatic carbocycles. The predicted octanol–water partition coefficient (Wildman–Crippen LogP) is 3.92. The van der Waals surface area contributed by atoms with Gasteiger partial charge in [0.1, 0.15) is 5.82 Å². The van der Waals surface area contributed by atoms with E-state index in [2.05, 4.69) is 11.4 Å². The number of nitrogens with one attached hydrogen (secondary N) is 1. The van der Waals surface area contributed by atoms with Gasteiger partial charge >= 0.3 is 0 Å². The Labute approximate surface area is 123 Å². The second kappa shape index (κ2) is 7.39. The molecular formula is C16H17ClFNO. The van der Waals surface area contributed by atoms with E-state index in [4.69, 9.17) is 16.3 Å². The quantitative estimate of drug-likeness (QED) is 0.872. The van der Waals surface area contributed by atoms with Gasteiger partial charge in [0.25, 0.3) is 0 Å². The fourth-order valence-corrected chi connectivity index (χ4v) is 2.20. The molecule has 0 saturated heterocycles. The summed E-state index contributed by atoms with van der Waals surface area (Å²) in [6, 6.07) is 12.5. The molecule has 0 fully saturated rings. The molecular weight excluding hydrogens is 277 g/mol. The van der Waals surface area contributed by atoms with Crippen molar-refractivity contribution in [2.75, 3.05) is 7.11 Å². The highest BCUT2D eigenvalue weighted by Crippen LogP contribution is 2.17. The van der Waals surface area contributed by atoms with Gasteiger partial charge in [0.05, 0.1) is 6.61 Å². The molecule has 1 N–H and O–H groups in total. The van der Waals surface area contributed by atoms with Gasteiger partial charge < -0.3 is 10.1 Å². The van der Waals surface area contributed by atoms with E-state index in [1.54, 1.807) is 13.2 Å². The lowest BCUT2D eigenvalue weighted by molar-refractivity contribution is 0.185. The van der Waals surface area contributed by atoms with Crippen molar-refractivity contribution < 1.29 is 9.13 Å². The van der Waals surface area contributed by atoms with Gasteiger partial charge in [0, 0.05) is 25.2 Å². The standard InChI is InChI=1S/C16H17ClFNO/c1-20-11-13-4-2-3-12(7-13)9-19-10-14-8-15(18)5-6-16(14)17/h2-8,19H,9-11H2,1H3. The van der Waals surface area contributed by atoms with Crippen molar-refractivity contribution in [2.45, 2.75) is 19.7 Å². The number of halogens is 2. The monoisotopic (exact) mass is 293 g/mol. The van der Waals surface area contributed by atoms with E-state index in [0.29, 0.717) is 24.7 Å². The molecule has 0 aliphatic carbocycles. The third-order valence-electron chi connectivity index (χ3n) is 2.95. The zero-order valence-corrected chi connectivity index (χ0v) is 12.1. The lowest BCUT2D eigenvalue weighted by Crippen LogP contribution is -2.13. The summed E-state index contributed by atoms with van der Waals surface area (Å²) in [5.74, 6) is -0.270. The second-order valence-corrected chi connectivity index (χ2v) is 5.00. The molecule has 0 heterocycles. The van der Waals surface area contributed by atoms with Crippen molar-refractivity contribution in [3.8, 4) is 0 Å². The van der Waals surface area contributed by atoms with E-state index < -0.39 is 0 Å². The van der Waals surface area contributed by atoms with Crippen LogP contribution in [0.5, 0.6) is 0 Å². The van der Waals surface area contributed by atoms with Crippen LogP contribution in [0.3, 0.4) is 0 Å². The Morgan fingerprint density at radius 1 is 1.10 bits per heavy atom. The summed E-state index contributed by atoms with van der Waals surface area (Å²) in [5.41, 5.74) is 3.06. The van der Waals surface area contributed by atoms with Crippen LogP contribution in [0, 0.1) is 5.82 Å². The van der Waals surface area contributed by atoms with E-state index in [-0.39, 0.29) is 5.82 Å². The minimum Gasteiger partial charge on any atom is -0.380 e. The Kier molecular flexibility index (Phi) is 5.53. The molecule has 106 valence electrons. The van der Waals surface area contributed by atoms with Crippen molar-refractivity contribution in [1.29, 1.82) is 0 Å². The Hall–Kier alpha value is -1.42. The van der Waals surface area contributed by atoms with Crippen molar-refractivity contribution >= 4 is 11.6 Å². The smallest absolute Gasteiger partial charge is 0.123 e. The molecule has 0 unspecified atom stereocenters. The molecule has 2 nitrogen and oxygen atoms in total. The van der Waals surface area contributed by atoms with Crippen molar-refractivity contribution in [3.63, 3.8) is 0 Å². The largest absolute Gasteiger partial charge is 0.380 e. The molecule has 0 aliphatic rings. The minimum absolute atomic E-state index is 0.270. The van der Waals surface area contributed by atoms with Gasteiger partial charge in [-0.1, -0.05) is 35.9 Å². The summed E-state index contributed by atoms with van der Waals surface area (Å²) in [7, 11) is 1.68. The molecule has 0 saturated carbocycles. The van der Waals surface area contributed by atoms with Crippen LogP contribution in [-0.4, -0.2) is 7.11 Å². The van der Waals surface area contributed by atoms with Crippen LogP contribution in [-0.2, 0) is 24.4 Å². The Bertz CT molecular complexity index is 574. The summed E-state index contributed by atoms with van der Waals surface area (Å²) in [6.45, 7) is 1.83. The van der Waals surface area contributed by atoms with Crippen LogP contribution in [0.2, 0.25) is 5.02 Å². The van der Waals surface area contributed by atoms with E-state index >= 15 is 0 Å². The second-order valence-electron chi connectivity index (χ2n) is 4.59. The summed E-state index contributed by atoms with van der Waals surface area (Å²) < 4.78 is 18.2. The molecule has 20 heavy (non-hydrogen) atoms. The summed E-state index contributed by atoms with van der Waals surface area (Å²) in [5, 5.41) is 3.84. The molecule has 0 amide bonds. The molecule has 4 heteroatoms. The number of benzene rings is 2. The van der Waals surface area contributed by atoms with Crippen molar-refractivity contribution in [2.24, 2.45) is 0 Å². The van der Waals surface area contributed by atoms with Gasteiger partial charge in [-0.15, -0.1) is 0 Å². The molecule has 0 aromatic heterocycles. The molecule has 0 radical (unpaired) electrons. The van der Waals surface area contributed by atoms with Crippen molar-refractivity contribution in [1.82, 2.24) is 5.32 Å². The first kappa shape index (κ1) is 15.0. The number of hydrogen-bond acceptors (Lipinski definition) is 2. The number of rotatable bonds is 6. The molecule has 0 atom stereocenters. The average Bonchev–Trinajstić information content (AvgIpc) is 2.43. The molecule has 2 aromatic rings. The summed E-state index contributed by atoms with van der Waals surface area (Å²) in [4.78, 5) is 0. The van der Waals surface area contributed by atoms with E-state index in [1.165, 1.54) is 12.1 Å². The maximum atomic E-state index is 13.1. The average molecular weight is 294 g/mol. The molecule has 0 bridgehead atoms. The van der Waals surface area contributed by atoms with Crippen LogP contribution in [0.15, 0.2) is 42.5 Å². The van der Waals surface area contributed by atoms with Crippen LogP contribution >= 0.6 is 11.6 Å². The summed E-state index contributed by atoms with van der Waals surface area (Å²) >= 11 is 6.02. The number of hydrogen-bond donors (Lipinski definition) is 1. The first-order chi connectivity index (χ1) is 9.69. The zero-order chi connectivity index (χ0) is 14.4. The maximum absolute atomic E-state index is 13.1. The van der Waals surface area contributed by atoms with E-state index in [9.17, 15) is 4.39 Å². The fraction of sp³-hybridized carbons (Fsp3) is 0.250. The number of methoxy groups -OCH3 is 1. The van der Waals surface area contributed by atoms with Gasteiger partial charge in [-0.2, -0.15) is 0 Å². The summed E-state index contributed by atoms with van der Waals surface area (Å²) in [6.07, 6.45) is 0. The van der Waals surface area contributed by atoms with Gasteiger partial charge in [0.15, 0.2) is 0 Å². The van der Waals surface area contributed by atoms with Crippen LogP contribution in [0.4, 0.5) is 4.39 Å². The van der Waals surface area contributed by atoms with Gasteiger partial charge in [-0.3, -0.25) is 0 Å². The first-order valence-electron chi connectivity index (χ1n) is 6.40. The lowest BCUT2D eigenvalue weighted by atomic mass is 10.1. The third-order valence-corrected chi connectivity index (χ3v) is 3.32. The van der Waals surface area contributed by atoms with E-state index in [1.807, 2.05) is 18.2 Å². The van der Waals surface area contributed by atoms with Crippen LogP contribution in [0.25, 0.3) is 0 Å². The molecule has 0 spiro atoms. The maximum Gasteiger partial charge on any atom is 0.123 e. The van der Waals surface area contributed by atoms with Gasteiger partial charge in [-0.25, -0.2) is 4.39 Å². The highest BCUT2D eigenvalue weighted by molar-refractivity contribution is 6.31.